The Morgan fingerprint density at radius 3 is 2.54 bits per heavy atom. The van der Waals surface area contributed by atoms with Crippen molar-refractivity contribution in [2.75, 3.05) is 58.9 Å². The van der Waals surface area contributed by atoms with Gasteiger partial charge < -0.3 is 29.7 Å². The van der Waals surface area contributed by atoms with Gasteiger partial charge in [0.05, 0.1) is 34.0 Å². The maximum absolute atomic E-state index is 5.39. The molecule has 1 aromatic carbocycles. The molecule has 7 heteroatoms. The molecule has 0 bridgehead atoms. The Morgan fingerprint density at radius 2 is 1.88 bits per heavy atom. The highest BCUT2D eigenvalue weighted by Gasteiger charge is 2.13. The number of benzene rings is 1. The first-order valence-corrected chi connectivity index (χ1v) is 8.73. The summed E-state index contributed by atoms with van der Waals surface area (Å²) in [7, 11) is 3.26. The van der Waals surface area contributed by atoms with Gasteiger partial charge in [-0.05, 0) is 30.8 Å². The van der Waals surface area contributed by atoms with Crippen LogP contribution in [0, 0.1) is 6.92 Å². The van der Waals surface area contributed by atoms with E-state index in [0.29, 0.717) is 16.6 Å². The van der Waals surface area contributed by atoms with E-state index < -0.39 is 0 Å². The summed E-state index contributed by atoms with van der Waals surface area (Å²) in [5, 5.41) is 7.13. The van der Waals surface area contributed by atoms with Crippen molar-refractivity contribution >= 4 is 23.0 Å². The quantitative estimate of drug-likeness (QED) is 0.493. The van der Waals surface area contributed by atoms with E-state index in [1.165, 1.54) is 0 Å². The molecule has 0 saturated carbocycles. The molecule has 0 aliphatic carbocycles. The van der Waals surface area contributed by atoms with Crippen LogP contribution in [0.15, 0.2) is 12.1 Å². The van der Waals surface area contributed by atoms with Gasteiger partial charge in [-0.15, -0.1) is 0 Å². The van der Waals surface area contributed by atoms with E-state index in [2.05, 4.69) is 10.6 Å². The molecule has 0 spiro atoms. The van der Waals surface area contributed by atoms with Gasteiger partial charge in [0.2, 0.25) is 0 Å². The van der Waals surface area contributed by atoms with E-state index in [1.54, 1.807) is 19.1 Å². The first kappa shape index (κ1) is 18.8. The largest absolute Gasteiger partial charge is 0.493 e. The summed E-state index contributed by atoms with van der Waals surface area (Å²) < 4.78 is 16.0. The predicted octanol–water partition coefficient (Wildman–Crippen LogP) is 0.604. The molecular formula is C17H28N3O3S+. The van der Waals surface area contributed by atoms with Crippen LogP contribution in [0.2, 0.25) is 0 Å². The summed E-state index contributed by atoms with van der Waals surface area (Å²) in [6.07, 6.45) is 1.09. The number of quaternary nitrogens is 1. The van der Waals surface area contributed by atoms with Crippen LogP contribution < -0.4 is 25.0 Å². The standard InChI is InChI=1S/C17H27N3O3S/c1-13-11-15(21-2)16(22-3)12-14(13)19-17(24)18-5-4-6-20-7-9-23-10-8-20/h11-12H,4-10H2,1-3H3,(H2,18,19,24)/p+1. The van der Waals surface area contributed by atoms with Crippen molar-refractivity contribution in [3.05, 3.63) is 17.7 Å². The summed E-state index contributed by atoms with van der Waals surface area (Å²) in [4.78, 5) is 1.61. The number of ether oxygens (including phenoxy) is 3. The smallest absolute Gasteiger partial charge is 0.170 e. The third kappa shape index (κ3) is 5.51. The third-order valence-corrected chi connectivity index (χ3v) is 4.42. The number of morpholine rings is 1. The normalized spacial score (nSPS) is 15.0. The van der Waals surface area contributed by atoms with Crippen molar-refractivity contribution in [1.82, 2.24) is 5.32 Å². The van der Waals surface area contributed by atoms with Crippen molar-refractivity contribution < 1.29 is 19.1 Å². The third-order valence-electron chi connectivity index (χ3n) is 4.17. The Hall–Kier alpha value is -1.57. The second-order valence-electron chi connectivity index (χ2n) is 5.87. The molecule has 0 aromatic heterocycles. The highest BCUT2D eigenvalue weighted by atomic mass is 32.1. The van der Waals surface area contributed by atoms with Crippen molar-refractivity contribution in [3.8, 4) is 11.5 Å². The zero-order valence-electron chi connectivity index (χ0n) is 14.7. The van der Waals surface area contributed by atoms with Crippen LogP contribution in [0.1, 0.15) is 12.0 Å². The molecule has 1 aliphatic rings. The molecule has 0 atom stereocenters. The van der Waals surface area contributed by atoms with Crippen molar-refractivity contribution in [2.24, 2.45) is 0 Å². The minimum Gasteiger partial charge on any atom is -0.493 e. The van der Waals surface area contributed by atoms with Gasteiger partial charge in [-0.2, -0.15) is 0 Å². The zero-order valence-corrected chi connectivity index (χ0v) is 15.6. The van der Waals surface area contributed by atoms with E-state index in [9.17, 15) is 0 Å². The summed E-state index contributed by atoms with van der Waals surface area (Å²) in [6, 6.07) is 3.84. The summed E-state index contributed by atoms with van der Waals surface area (Å²) in [5.41, 5.74) is 1.97. The Balaban J connectivity index is 1.77. The van der Waals surface area contributed by atoms with Crippen LogP contribution in [0.25, 0.3) is 0 Å². The summed E-state index contributed by atoms with van der Waals surface area (Å²) in [5.74, 6) is 1.40. The van der Waals surface area contributed by atoms with Gasteiger partial charge in [0, 0.05) is 24.7 Å². The topological polar surface area (TPSA) is 56.2 Å². The van der Waals surface area contributed by atoms with Crippen LogP contribution in [-0.4, -0.2) is 58.7 Å². The molecule has 6 nitrogen and oxygen atoms in total. The van der Waals surface area contributed by atoms with E-state index in [1.807, 2.05) is 19.1 Å². The van der Waals surface area contributed by atoms with Gasteiger partial charge in [-0.1, -0.05) is 0 Å². The van der Waals surface area contributed by atoms with Crippen LogP contribution in [0.5, 0.6) is 11.5 Å². The molecule has 1 fully saturated rings. The molecule has 0 amide bonds. The van der Waals surface area contributed by atoms with E-state index in [-0.39, 0.29) is 0 Å². The summed E-state index contributed by atoms with van der Waals surface area (Å²) in [6.45, 7) is 7.98. The van der Waals surface area contributed by atoms with E-state index in [0.717, 1.165) is 57.1 Å². The molecular weight excluding hydrogens is 326 g/mol. The van der Waals surface area contributed by atoms with Gasteiger partial charge in [-0.3, -0.25) is 0 Å². The first-order valence-electron chi connectivity index (χ1n) is 8.33. The van der Waals surface area contributed by atoms with Crippen LogP contribution in [0.4, 0.5) is 5.69 Å². The zero-order chi connectivity index (χ0) is 17.4. The molecule has 1 heterocycles. The fourth-order valence-corrected chi connectivity index (χ4v) is 2.94. The van der Waals surface area contributed by atoms with Crippen molar-refractivity contribution in [2.45, 2.75) is 13.3 Å². The lowest BCUT2D eigenvalue weighted by Crippen LogP contribution is -3.14. The Labute approximate surface area is 149 Å². The van der Waals surface area contributed by atoms with Gasteiger partial charge in [-0.25, -0.2) is 0 Å². The molecule has 1 aliphatic heterocycles. The number of nitrogens with one attached hydrogen (secondary N) is 3. The Kier molecular flexibility index (Phi) is 7.55. The Bertz CT molecular complexity index is 548. The molecule has 0 unspecified atom stereocenters. The van der Waals surface area contributed by atoms with Gasteiger partial charge in [0.15, 0.2) is 16.6 Å². The predicted molar refractivity (Wildman–Crippen MR) is 99.5 cm³/mol. The molecule has 24 heavy (non-hydrogen) atoms. The number of anilines is 1. The average molecular weight is 354 g/mol. The second kappa shape index (κ2) is 9.66. The number of hydrogen-bond donors (Lipinski definition) is 3. The van der Waals surface area contributed by atoms with E-state index >= 15 is 0 Å². The van der Waals surface area contributed by atoms with Crippen molar-refractivity contribution in [3.63, 3.8) is 0 Å². The molecule has 2 rings (SSSR count). The average Bonchev–Trinajstić information content (AvgIpc) is 2.61. The molecule has 1 saturated heterocycles. The number of thiocarbonyl (C=S) groups is 1. The fraction of sp³-hybridized carbons (Fsp3) is 0.588. The molecule has 1 aromatic rings. The lowest BCUT2D eigenvalue weighted by Gasteiger charge is -2.23. The molecule has 3 N–H and O–H groups in total. The van der Waals surface area contributed by atoms with Gasteiger partial charge in [0.1, 0.15) is 13.1 Å². The SMILES string of the molecule is COc1cc(C)c(NC(=S)NCCC[NH+]2CCOCC2)cc1OC. The van der Waals surface area contributed by atoms with Gasteiger partial charge >= 0.3 is 0 Å². The first-order chi connectivity index (χ1) is 11.6. The monoisotopic (exact) mass is 354 g/mol. The van der Waals surface area contributed by atoms with Crippen molar-refractivity contribution in [1.29, 1.82) is 0 Å². The van der Waals surface area contributed by atoms with Gasteiger partial charge in [0.25, 0.3) is 0 Å². The Morgan fingerprint density at radius 1 is 1.21 bits per heavy atom. The lowest BCUT2D eigenvalue weighted by atomic mass is 10.1. The lowest BCUT2D eigenvalue weighted by molar-refractivity contribution is -0.908. The summed E-state index contributed by atoms with van der Waals surface area (Å²) >= 11 is 5.39. The fourth-order valence-electron chi connectivity index (χ4n) is 2.73. The highest BCUT2D eigenvalue weighted by Crippen LogP contribution is 2.32. The number of hydrogen-bond acceptors (Lipinski definition) is 4. The number of aryl methyl sites for hydroxylation is 1. The van der Waals surface area contributed by atoms with Crippen LogP contribution >= 0.6 is 12.2 Å². The van der Waals surface area contributed by atoms with Crippen LogP contribution in [-0.2, 0) is 4.74 Å². The van der Waals surface area contributed by atoms with E-state index in [4.69, 9.17) is 26.4 Å². The molecule has 134 valence electrons. The number of methoxy groups -OCH3 is 2. The highest BCUT2D eigenvalue weighted by molar-refractivity contribution is 7.80. The minimum atomic E-state index is 0.627. The maximum atomic E-state index is 5.39. The second-order valence-corrected chi connectivity index (χ2v) is 6.28. The van der Waals surface area contributed by atoms with Crippen LogP contribution in [0.3, 0.4) is 0 Å². The number of rotatable bonds is 7. The minimum absolute atomic E-state index is 0.627. The molecule has 0 radical (unpaired) electrons. The maximum Gasteiger partial charge on any atom is 0.170 e.